The summed E-state index contributed by atoms with van der Waals surface area (Å²) < 4.78 is 0. The highest BCUT2D eigenvalue weighted by atomic mass is 16.3. The highest BCUT2D eigenvalue weighted by Gasteiger charge is 2.30. The second-order valence-corrected chi connectivity index (χ2v) is 3.40. The maximum Gasteiger partial charge on any atom is 0.230 e. The number of pyridine rings is 1. The van der Waals surface area contributed by atoms with Crippen LogP contribution in [0.3, 0.4) is 0 Å². The van der Waals surface area contributed by atoms with Gasteiger partial charge in [0.2, 0.25) is 5.91 Å². The molecule has 0 aromatic carbocycles. The van der Waals surface area contributed by atoms with E-state index in [0.717, 1.165) is 0 Å². The van der Waals surface area contributed by atoms with E-state index >= 15 is 0 Å². The maximum absolute atomic E-state index is 11.5. The summed E-state index contributed by atoms with van der Waals surface area (Å²) in [5, 5.41) is 9.32. The Bertz CT molecular complexity index is 405. The average Bonchev–Trinajstić information content (AvgIpc) is 2.57. The number of aldehydes is 1. The van der Waals surface area contributed by atoms with E-state index in [9.17, 15) is 14.7 Å². The van der Waals surface area contributed by atoms with Crippen molar-refractivity contribution in [2.45, 2.75) is 12.5 Å². The van der Waals surface area contributed by atoms with Gasteiger partial charge in [0.1, 0.15) is 5.82 Å². The fourth-order valence-corrected chi connectivity index (χ4v) is 1.62. The molecule has 1 amide bonds. The Balaban J connectivity index is 2.37. The predicted octanol–water partition coefficient (Wildman–Crippen LogP) is -0.00830. The smallest absolute Gasteiger partial charge is 0.230 e. The summed E-state index contributed by atoms with van der Waals surface area (Å²) >= 11 is 0. The van der Waals surface area contributed by atoms with Crippen molar-refractivity contribution in [2.24, 2.45) is 0 Å². The van der Waals surface area contributed by atoms with Gasteiger partial charge < -0.3 is 5.11 Å². The Hall–Kier alpha value is -1.75. The van der Waals surface area contributed by atoms with E-state index in [1.807, 2.05) is 0 Å². The van der Waals surface area contributed by atoms with Gasteiger partial charge in [-0.3, -0.25) is 14.5 Å². The summed E-state index contributed by atoms with van der Waals surface area (Å²) in [6, 6.07) is 3.22. The molecule has 1 aliphatic heterocycles. The molecule has 1 aromatic rings. The first-order chi connectivity index (χ1) is 7.22. The van der Waals surface area contributed by atoms with Crippen LogP contribution in [-0.2, 0) is 4.79 Å². The molecule has 1 aliphatic rings. The van der Waals surface area contributed by atoms with Gasteiger partial charge in [0.25, 0.3) is 0 Å². The monoisotopic (exact) mass is 206 g/mol. The van der Waals surface area contributed by atoms with Crippen molar-refractivity contribution >= 4 is 18.0 Å². The normalized spacial score (nSPS) is 20.7. The molecule has 5 nitrogen and oxygen atoms in total. The SMILES string of the molecule is O=Cc1cccnc1N1CC(O)CC1=O. The molecule has 1 N–H and O–H groups in total. The fourth-order valence-electron chi connectivity index (χ4n) is 1.62. The fraction of sp³-hybridized carbons (Fsp3) is 0.300. The number of amides is 1. The lowest BCUT2D eigenvalue weighted by molar-refractivity contribution is -0.117. The molecule has 2 rings (SSSR count). The summed E-state index contributed by atoms with van der Waals surface area (Å²) in [5.74, 6) is 0.123. The standard InChI is InChI=1S/C10H10N2O3/c13-6-7-2-1-3-11-10(7)12-5-8(14)4-9(12)15/h1-3,6,8,14H,4-5H2. The van der Waals surface area contributed by atoms with E-state index < -0.39 is 6.10 Å². The number of hydrogen-bond donors (Lipinski definition) is 1. The third kappa shape index (κ3) is 1.73. The number of hydrogen-bond acceptors (Lipinski definition) is 4. The number of aliphatic hydroxyl groups excluding tert-OH is 1. The highest BCUT2D eigenvalue weighted by Crippen LogP contribution is 2.21. The first kappa shape index (κ1) is 9.79. The second kappa shape index (κ2) is 3.78. The van der Waals surface area contributed by atoms with Crippen LogP contribution in [0, 0.1) is 0 Å². The molecule has 0 spiro atoms. The van der Waals surface area contributed by atoms with Crippen LogP contribution in [0.25, 0.3) is 0 Å². The molecule has 1 atom stereocenters. The zero-order valence-electron chi connectivity index (χ0n) is 7.96. The minimum Gasteiger partial charge on any atom is -0.391 e. The van der Waals surface area contributed by atoms with E-state index in [0.29, 0.717) is 17.7 Å². The molecule has 2 heterocycles. The number of rotatable bonds is 2. The zero-order valence-corrected chi connectivity index (χ0v) is 7.96. The molecule has 1 fully saturated rings. The molecule has 0 saturated carbocycles. The molecule has 15 heavy (non-hydrogen) atoms. The summed E-state index contributed by atoms with van der Waals surface area (Å²) in [7, 11) is 0. The number of nitrogens with zero attached hydrogens (tertiary/aromatic N) is 2. The first-order valence-electron chi connectivity index (χ1n) is 4.61. The molecular formula is C10H10N2O3. The Morgan fingerprint density at radius 2 is 2.40 bits per heavy atom. The van der Waals surface area contributed by atoms with Crippen molar-refractivity contribution in [2.75, 3.05) is 11.4 Å². The first-order valence-corrected chi connectivity index (χ1v) is 4.61. The maximum atomic E-state index is 11.5. The molecule has 5 heteroatoms. The summed E-state index contributed by atoms with van der Waals surface area (Å²) in [4.78, 5) is 27.5. The molecule has 1 saturated heterocycles. The van der Waals surface area contributed by atoms with Crippen molar-refractivity contribution in [3.63, 3.8) is 0 Å². The van der Waals surface area contributed by atoms with Crippen LogP contribution in [0.15, 0.2) is 18.3 Å². The number of β-amino-alcohol motifs (C(OH)–C–C–N with tert-alkyl or cyclic N) is 1. The van der Waals surface area contributed by atoms with Crippen LogP contribution in [0.4, 0.5) is 5.82 Å². The lowest BCUT2D eigenvalue weighted by Gasteiger charge is -2.15. The van der Waals surface area contributed by atoms with Crippen LogP contribution in [0.5, 0.6) is 0 Å². The molecule has 0 aliphatic carbocycles. The molecule has 1 unspecified atom stereocenters. The van der Waals surface area contributed by atoms with Crippen molar-refractivity contribution in [1.82, 2.24) is 4.98 Å². The van der Waals surface area contributed by atoms with Gasteiger partial charge >= 0.3 is 0 Å². The Morgan fingerprint density at radius 1 is 1.60 bits per heavy atom. The van der Waals surface area contributed by atoms with Gasteiger partial charge in [0.15, 0.2) is 6.29 Å². The van der Waals surface area contributed by atoms with Crippen molar-refractivity contribution in [3.05, 3.63) is 23.9 Å². The van der Waals surface area contributed by atoms with E-state index in [-0.39, 0.29) is 18.9 Å². The van der Waals surface area contributed by atoms with E-state index in [1.54, 1.807) is 12.1 Å². The van der Waals surface area contributed by atoms with Crippen LogP contribution in [-0.4, -0.2) is 34.9 Å². The Labute approximate surface area is 86.3 Å². The van der Waals surface area contributed by atoms with E-state index in [4.69, 9.17) is 0 Å². The van der Waals surface area contributed by atoms with Crippen LogP contribution >= 0.6 is 0 Å². The van der Waals surface area contributed by atoms with Gasteiger partial charge in [-0.25, -0.2) is 4.98 Å². The van der Waals surface area contributed by atoms with Crippen LogP contribution in [0.2, 0.25) is 0 Å². The van der Waals surface area contributed by atoms with E-state index in [1.165, 1.54) is 11.1 Å². The number of aliphatic hydroxyl groups is 1. The van der Waals surface area contributed by atoms with Crippen molar-refractivity contribution < 1.29 is 14.7 Å². The summed E-state index contributed by atoms with van der Waals surface area (Å²) in [5.41, 5.74) is 0.361. The minimum atomic E-state index is -0.668. The molecule has 0 bridgehead atoms. The number of aromatic nitrogens is 1. The molecule has 78 valence electrons. The minimum absolute atomic E-state index is 0.0921. The lowest BCUT2D eigenvalue weighted by atomic mass is 10.2. The Morgan fingerprint density at radius 3 is 3.00 bits per heavy atom. The third-order valence-electron chi connectivity index (χ3n) is 2.30. The quantitative estimate of drug-likeness (QED) is 0.691. The second-order valence-electron chi connectivity index (χ2n) is 3.40. The summed E-state index contributed by atoms with van der Waals surface area (Å²) in [6.45, 7) is 0.205. The zero-order chi connectivity index (χ0) is 10.8. The van der Waals surface area contributed by atoms with Crippen molar-refractivity contribution in [1.29, 1.82) is 0 Å². The largest absolute Gasteiger partial charge is 0.391 e. The number of carbonyl (C=O) groups is 2. The van der Waals surface area contributed by atoms with Gasteiger partial charge in [-0.15, -0.1) is 0 Å². The van der Waals surface area contributed by atoms with Gasteiger partial charge in [-0.2, -0.15) is 0 Å². The van der Waals surface area contributed by atoms with Crippen LogP contribution < -0.4 is 4.90 Å². The van der Waals surface area contributed by atoms with Gasteiger partial charge in [-0.1, -0.05) is 0 Å². The Kier molecular flexibility index (Phi) is 2.47. The van der Waals surface area contributed by atoms with Crippen LogP contribution in [0.1, 0.15) is 16.8 Å². The van der Waals surface area contributed by atoms with E-state index in [2.05, 4.69) is 4.98 Å². The van der Waals surface area contributed by atoms with Crippen molar-refractivity contribution in [3.8, 4) is 0 Å². The van der Waals surface area contributed by atoms with Gasteiger partial charge in [0.05, 0.1) is 24.6 Å². The predicted molar refractivity (Wildman–Crippen MR) is 52.6 cm³/mol. The topological polar surface area (TPSA) is 70.5 Å². The number of carbonyl (C=O) groups excluding carboxylic acids is 2. The number of anilines is 1. The average molecular weight is 206 g/mol. The molecular weight excluding hydrogens is 196 g/mol. The molecule has 0 radical (unpaired) electrons. The lowest BCUT2D eigenvalue weighted by Crippen LogP contribution is -2.27. The van der Waals surface area contributed by atoms with Gasteiger partial charge in [-0.05, 0) is 12.1 Å². The summed E-state index contributed by atoms with van der Waals surface area (Å²) in [6.07, 6.45) is 1.59. The van der Waals surface area contributed by atoms with Gasteiger partial charge in [0, 0.05) is 6.20 Å². The third-order valence-corrected chi connectivity index (χ3v) is 2.30. The highest BCUT2D eigenvalue weighted by molar-refractivity contribution is 5.99. The molecule has 1 aromatic heterocycles.